The Kier molecular flexibility index (Phi) is 6.78. The molecule has 1 fully saturated rings. The average Bonchev–Trinajstić information content (AvgIpc) is 2.34. The molecule has 4 unspecified atom stereocenters. The van der Waals surface area contributed by atoms with Gasteiger partial charge in [0.1, 0.15) is 6.23 Å². The predicted octanol–water partition coefficient (Wildman–Crippen LogP) is 2.76. The highest BCUT2D eigenvalue weighted by molar-refractivity contribution is 4.83. The number of hydrogen-bond acceptors (Lipinski definition) is 3. The summed E-state index contributed by atoms with van der Waals surface area (Å²) < 4.78 is 0. The molecule has 114 valence electrons. The van der Waals surface area contributed by atoms with Crippen molar-refractivity contribution in [3.63, 3.8) is 0 Å². The average molecular weight is 271 g/mol. The summed E-state index contributed by atoms with van der Waals surface area (Å²) in [6.45, 7) is 10.7. The van der Waals surface area contributed by atoms with Gasteiger partial charge < -0.3 is 10.2 Å². The summed E-state index contributed by atoms with van der Waals surface area (Å²) >= 11 is 0. The second-order valence-corrected chi connectivity index (χ2v) is 7.05. The van der Waals surface area contributed by atoms with E-state index in [1.807, 2.05) is 6.92 Å². The fourth-order valence-electron chi connectivity index (χ4n) is 3.48. The Morgan fingerprint density at radius 1 is 0.895 bits per heavy atom. The van der Waals surface area contributed by atoms with Crippen molar-refractivity contribution in [3.8, 4) is 0 Å². The molecule has 3 N–H and O–H groups in total. The summed E-state index contributed by atoms with van der Waals surface area (Å²) in [6, 6.07) is 0.349. The number of hydrogen-bond donors (Lipinski definition) is 3. The monoisotopic (exact) mass is 271 g/mol. The van der Waals surface area contributed by atoms with E-state index in [0.29, 0.717) is 23.8 Å². The van der Waals surface area contributed by atoms with Crippen LogP contribution in [0.5, 0.6) is 0 Å². The van der Waals surface area contributed by atoms with E-state index in [2.05, 4.69) is 33.0 Å². The Bertz CT molecular complexity index is 245. The van der Waals surface area contributed by atoms with Gasteiger partial charge in [-0.2, -0.15) is 0 Å². The SMILES string of the molecule is CC(C)C(NC(O)C1CCCC(C(C)O)C1)C(C)C. The van der Waals surface area contributed by atoms with E-state index in [4.69, 9.17) is 0 Å². The molecule has 3 nitrogen and oxygen atoms in total. The third-order valence-electron chi connectivity index (χ3n) is 4.68. The van der Waals surface area contributed by atoms with Gasteiger partial charge in [0.25, 0.3) is 0 Å². The summed E-state index contributed by atoms with van der Waals surface area (Å²) in [5.74, 6) is 1.68. The number of rotatable bonds is 6. The van der Waals surface area contributed by atoms with Crippen molar-refractivity contribution >= 4 is 0 Å². The first-order chi connectivity index (χ1) is 8.82. The van der Waals surface area contributed by atoms with Gasteiger partial charge in [0.15, 0.2) is 0 Å². The van der Waals surface area contributed by atoms with E-state index in [1.165, 1.54) is 0 Å². The lowest BCUT2D eigenvalue weighted by atomic mass is 9.78. The first-order valence-electron chi connectivity index (χ1n) is 7.95. The molecule has 4 atom stereocenters. The van der Waals surface area contributed by atoms with Gasteiger partial charge in [0, 0.05) is 6.04 Å². The lowest BCUT2D eigenvalue weighted by Crippen LogP contribution is -2.49. The van der Waals surface area contributed by atoms with Crippen LogP contribution in [0.15, 0.2) is 0 Å². The quantitative estimate of drug-likeness (QED) is 0.651. The fraction of sp³-hybridized carbons (Fsp3) is 1.00. The number of aliphatic hydroxyl groups excluding tert-OH is 2. The number of aliphatic hydroxyl groups is 2. The molecule has 19 heavy (non-hydrogen) atoms. The lowest BCUT2D eigenvalue weighted by Gasteiger charge is -2.37. The Balaban J connectivity index is 2.54. The van der Waals surface area contributed by atoms with Crippen LogP contribution in [0.4, 0.5) is 0 Å². The third-order valence-corrected chi connectivity index (χ3v) is 4.68. The van der Waals surface area contributed by atoms with Crippen LogP contribution >= 0.6 is 0 Å². The van der Waals surface area contributed by atoms with E-state index >= 15 is 0 Å². The van der Waals surface area contributed by atoms with E-state index < -0.39 is 6.23 Å². The van der Waals surface area contributed by atoms with Crippen LogP contribution in [0.2, 0.25) is 0 Å². The van der Waals surface area contributed by atoms with E-state index in [0.717, 1.165) is 25.7 Å². The van der Waals surface area contributed by atoms with Gasteiger partial charge >= 0.3 is 0 Å². The molecule has 0 amide bonds. The maximum Gasteiger partial charge on any atom is 0.107 e. The van der Waals surface area contributed by atoms with Crippen molar-refractivity contribution in [2.75, 3.05) is 0 Å². The van der Waals surface area contributed by atoms with Crippen molar-refractivity contribution in [1.29, 1.82) is 0 Å². The maximum absolute atomic E-state index is 10.4. The molecule has 0 aromatic heterocycles. The van der Waals surface area contributed by atoms with Gasteiger partial charge in [-0.3, -0.25) is 5.32 Å². The van der Waals surface area contributed by atoms with Crippen molar-refractivity contribution in [2.45, 2.75) is 78.7 Å². The Morgan fingerprint density at radius 2 is 1.42 bits per heavy atom. The molecule has 1 aliphatic carbocycles. The fourth-order valence-corrected chi connectivity index (χ4v) is 3.48. The van der Waals surface area contributed by atoms with Crippen LogP contribution < -0.4 is 5.32 Å². The molecule has 0 spiro atoms. The zero-order valence-electron chi connectivity index (χ0n) is 13.3. The zero-order chi connectivity index (χ0) is 14.6. The lowest BCUT2D eigenvalue weighted by molar-refractivity contribution is 0.000467. The molecular weight excluding hydrogens is 238 g/mol. The minimum absolute atomic E-state index is 0.249. The maximum atomic E-state index is 10.4. The third kappa shape index (κ3) is 5.05. The van der Waals surface area contributed by atoms with Gasteiger partial charge in [0.2, 0.25) is 0 Å². The molecule has 0 radical (unpaired) electrons. The Hall–Kier alpha value is -0.120. The second-order valence-electron chi connectivity index (χ2n) is 7.05. The highest BCUT2D eigenvalue weighted by Crippen LogP contribution is 2.33. The Labute approximate surface area is 118 Å². The Morgan fingerprint density at radius 3 is 1.89 bits per heavy atom. The second kappa shape index (κ2) is 7.61. The number of nitrogens with one attached hydrogen (secondary N) is 1. The van der Waals surface area contributed by atoms with Gasteiger partial charge in [-0.1, -0.05) is 34.1 Å². The summed E-state index contributed by atoms with van der Waals surface area (Å²) in [7, 11) is 0. The summed E-state index contributed by atoms with van der Waals surface area (Å²) in [5, 5.41) is 23.6. The van der Waals surface area contributed by atoms with Gasteiger partial charge in [0.05, 0.1) is 6.10 Å². The predicted molar refractivity (Wildman–Crippen MR) is 79.7 cm³/mol. The van der Waals surface area contributed by atoms with E-state index in [-0.39, 0.29) is 12.0 Å². The van der Waals surface area contributed by atoms with Crippen molar-refractivity contribution in [1.82, 2.24) is 5.32 Å². The molecule has 0 aromatic rings. The van der Waals surface area contributed by atoms with Crippen LogP contribution in [0.3, 0.4) is 0 Å². The van der Waals surface area contributed by atoms with Gasteiger partial charge in [-0.05, 0) is 49.9 Å². The molecule has 0 saturated heterocycles. The van der Waals surface area contributed by atoms with E-state index in [1.54, 1.807) is 0 Å². The molecule has 3 heteroatoms. The first kappa shape index (κ1) is 16.9. The van der Waals surface area contributed by atoms with Gasteiger partial charge in [-0.15, -0.1) is 0 Å². The van der Waals surface area contributed by atoms with Crippen molar-refractivity contribution < 1.29 is 10.2 Å². The zero-order valence-corrected chi connectivity index (χ0v) is 13.3. The topological polar surface area (TPSA) is 52.5 Å². The largest absolute Gasteiger partial charge is 0.393 e. The molecule has 0 bridgehead atoms. The molecular formula is C16H33NO2. The minimum Gasteiger partial charge on any atom is -0.393 e. The molecule has 0 aromatic carbocycles. The van der Waals surface area contributed by atoms with Crippen molar-refractivity contribution in [3.05, 3.63) is 0 Å². The summed E-state index contributed by atoms with van der Waals surface area (Å²) in [5.41, 5.74) is 0. The first-order valence-corrected chi connectivity index (χ1v) is 7.95. The highest BCUT2D eigenvalue weighted by Gasteiger charge is 2.31. The smallest absolute Gasteiger partial charge is 0.107 e. The van der Waals surface area contributed by atoms with Crippen LogP contribution in [0.1, 0.15) is 60.3 Å². The van der Waals surface area contributed by atoms with Gasteiger partial charge in [-0.25, -0.2) is 0 Å². The van der Waals surface area contributed by atoms with Crippen molar-refractivity contribution in [2.24, 2.45) is 23.7 Å². The standard InChI is InChI=1S/C16H33NO2/c1-10(2)15(11(3)4)17-16(19)14-8-6-7-13(9-14)12(5)18/h10-19H,6-9H2,1-5H3. The molecule has 1 aliphatic rings. The van der Waals surface area contributed by atoms with Crippen LogP contribution in [0, 0.1) is 23.7 Å². The van der Waals surface area contributed by atoms with Crippen LogP contribution in [-0.2, 0) is 0 Å². The molecule has 1 saturated carbocycles. The van der Waals surface area contributed by atoms with Crippen LogP contribution in [0.25, 0.3) is 0 Å². The summed E-state index contributed by atoms with van der Waals surface area (Å²) in [4.78, 5) is 0. The molecule has 1 rings (SSSR count). The molecule has 0 aliphatic heterocycles. The van der Waals surface area contributed by atoms with Crippen LogP contribution in [-0.4, -0.2) is 28.6 Å². The summed E-state index contributed by atoms with van der Waals surface area (Å²) in [6.07, 6.45) is 3.54. The van der Waals surface area contributed by atoms with E-state index in [9.17, 15) is 10.2 Å². The highest BCUT2D eigenvalue weighted by atomic mass is 16.3. The minimum atomic E-state index is -0.434. The normalized spacial score (nSPS) is 28.1. The molecule has 0 heterocycles.